The molecule has 0 heterocycles. The Morgan fingerprint density at radius 1 is 1.27 bits per heavy atom. The van der Waals surface area contributed by atoms with Crippen LogP contribution < -0.4 is 5.32 Å². The Kier molecular flexibility index (Phi) is 3.48. The number of hydrogen-bond donors (Lipinski definition) is 2. The number of aldehydes is 1. The smallest absolute Gasteiger partial charge is 0.141 e. The van der Waals surface area contributed by atoms with Gasteiger partial charge in [0.25, 0.3) is 0 Å². The zero-order valence-corrected chi connectivity index (χ0v) is 9.32. The van der Waals surface area contributed by atoms with Crippen LogP contribution in [0, 0.1) is 0 Å². The molecule has 0 aliphatic carbocycles. The maximum Gasteiger partial charge on any atom is 0.141 e. The maximum atomic E-state index is 10.9. The minimum Gasteiger partial charge on any atom is -0.508 e. The molecule has 2 N–H and O–H groups in total. The molecule has 1 unspecified atom stereocenters. The second kappa shape index (κ2) is 4.45. The van der Waals surface area contributed by atoms with Crippen molar-refractivity contribution in [3.05, 3.63) is 29.8 Å². The quantitative estimate of drug-likeness (QED) is 0.745. The predicted octanol–water partition coefficient (Wildman–Crippen LogP) is 2.02. The van der Waals surface area contributed by atoms with Gasteiger partial charge >= 0.3 is 0 Å². The van der Waals surface area contributed by atoms with Gasteiger partial charge in [-0.25, -0.2) is 0 Å². The first-order chi connectivity index (χ1) is 6.92. The predicted molar refractivity (Wildman–Crippen MR) is 59.8 cm³/mol. The first-order valence-corrected chi connectivity index (χ1v) is 4.94. The molecule has 0 aliphatic rings. The summed E-state index contributed by atoms with van der Waals surface area (Å²) in [6.07, 6.45) is 0.873. The normalized spacial score (nSPS) is 13.5. The Hall–Kier alpha value is -1.35. The van der Waals surface area contributed by atoms with Gasteiger partial charge in [0.15, 0.2) is 0 Å². The highest BCUT2D eigenvalue weighted by Crippen LogP contribution is 2.17. The van der Waals surface area contributed by atoms with Crippen LogP contribution in [0.15, 0.2) is 24.3 Å². The van der Waals surface area contributed by atoms with Gasteiger partial charge in [-0.05, 0) is 38.5 Å². The van der Waals surface area contributed by atoms with E-state index in [4.69, 9.17) is 5.11 Å². The molecule has 1 aromatic carbocycles. The maximum absolute atomic E-state index is 10.9. The molecule has 0 spiro atoms. The SMILES string of the molecule is CC(C)(C)NC(C=O)c1ccc(O)cc1. The molecule has 1 aromatic rings. The minimum atomic E-state index is -0.328. The third kappa shape index (κ3) is 3.72. The second-order valence-corrected chi connectivity index (χ2v) is 4.60. The van der Waals surface area contributed by atoms with Crippen molar-refractivity contribution in [2.75, 3.05) is 0 Å². The Morgan fingerprint density at radius 3 is 2.20 bits per heavy atom. The molecule has 0 aromatic heterocycles. The van der Waals surface area contributed by atoms with Crippen molar-refractivity contribution in [2.24, 2.45) is 0 Å². The molecular weight excluding hydrogens is 190 g/mol. The van der Waals surface area contributed by atoms with Crippen LogP contribution in [0.5, 0.6) is 5.75 Å². The van der Waals surface area contributed by atoms with Crippen molar-refractivity contribution in [2.45, 2.75) is 32.4 Å². The van der Waals surface area contributed by atoms with Crippen LogP contribution in [0.25, 0.3) is 0 Å². The highest BCUT2D eigenvalue weighted by molar-refractivity contribution is 5.61. The van der Waals surface area contributed by atoms with Gasteiger partial charge < -0.3 is 9.90 Å². The van der Waals surface area contributed by atoms with Crippen LogP contribution in [0.3, 0.4) is 0 Å². The number of carbonyl (C=O) groups is 1. The summed E-state index contributed by atoms with van der Waals surface area (Å²) < 4.78 is 0. The number of aromatic hydroxyl groups is 1. The summed E-state index contributed by atoms with van der Waals surface area (Å²) in [4.78, 5) is 10.9. The van der Waals surface area contributed by atoms with Gasteiger partial charge in [0, 0.05) is 5.54 Å². The van der Waals surface area contributed by atoms with Gasteiger partial charge in [-0.3, -0.25) is 5.32 Å². The van der Waals surface area contributed by atoms with Crippen LogP contribution in [-0.4, -0.2) is 16.9 Å². The van der Waals surface area contributed by atoms with E-state index in [0.717, 1.165) is 11.8 Å². The molecule has 82 valence electrons. The average molecular weight is 207 g/mol. The van der Waals surface area contributed by atoms with E-state index < -0.39 is 0 Å². The molecule has 0 fully saturated rings. The van der Waals surface area contributed by atoms with E-state index in [9.17, 15) is 4.79 Å². The standard InChI is InChI=1S/C12H17NO2/c1-12(2,3)13-11(8-14)9-4-6-10(15)7-5-9/h4-8,11,13,15H,1-3H3. The summed E-state index contributed by atoms with van der Waals surface area (Å²) in [5.74, 6) is 0.208. The van der Waals surface area contributed by atoms with Crippen LogP contribution >= 0.6 is 0 Å². The van der Waals surface area contributed by atoms with Crippen molar-refractivity contribution in [1.29, 1.82) is 0 Å². The zero-order valence-electron chi connectivity index (χ0n) is 9.32. The van der Waals surface area contributed by atoms with E-state index in [-0.39, 0.29) is 17.3 Å². The number of phenolic OH excluding ortho intramolecular Hbond substituents is 1. The monoisotopic (exact) mass is 207 g/mol. The number of carbonyl (C=O) groups excluding carboxylic acids is 1. The molecule has 0 aliphatic heterocycles. The molecule has 0 bridgehead atoms. The fraction of sp³-hybridized carbons (Fsp3) is 0.417. The minimum absolute atomic E-state index is 0.122. The summed E-state index contributed by atoms with van der Waals surface area (Å²) in [6.45, 7) is 6.01. The molecule has 0 saturated carbocycles. The van der Waals surface area contributed by atoms with Crippen molar-refractivity contribution in [3.63, 3.8) is 0 Å². The molecular formula is C12H17NO2. The number of phenols is 1. The van der Waals surface area contributed by atoms with Gasteiger partial charge in [-0.2, -0.15) is 0 Å². The lowest BCUT2D eigenvalue weighted by Crippen LogP contribution is -2.39. The highest BCUT2D eigenvalue weighted by Gasteiger charge is 2.17. The number of rotatable bonds is 3. The average Bonchev–Trinajstić information content (AvgIpc) is 2.14. The topological polar surface area (TPSA) is 49.3 Å². The van der Waals surface area contributed by atoms with Crippen LogP contribution in [0.1, 0.15) is 32.4 Å². The Labute approximate surface area is 90.1 Å². The number of nitrogens with one attached hydrogen (secondary N) is 1. The van der Waals surface area contributed by atoms with E-state index >= 15 is 0 Å². The molecule has 0 radical (unpaired) electrons. The molecule has 3 nitrogen and oxygen atoms in total. The summed E-state index contributed by atoms with van der Waals surface area (Å²) in [5.41, 5.74) is 0.737. The van der Waals surface area contributed by atoms with Crippen LogP contribution in [0.2, 0.25) is 0 Å². The fourth-order valence-corrected chi connectivity index (χ4v) is 1.34. The zero-order chi connectivity index (χ0) is 11.5. The lowest BCUT2D eigenvalue weighted by molar-refractivity contribution is -0.110. The summed E-state index contributed by atoms with van der Waals surface area (Å²) in [7, 11) is 0. The lowest BCUT2D eigenvalue weighted by atomic mass is 10.0. The third-order valence-electron chi connectivity index (χ3n) is 1.98. The number of hydrogen-bond acceptors (Lipinski definition) is 3. The van der Waals surface area contributed by atoms with E-state index in [0.29, 0.717) is 0 Å². The summed E-state index contributed by atoms with van der Waals surface area (Å²) in [5, 5.41) is 12.3. The van der Waals surface area contributed by atoms with Crippen LogP contribution in [0.4, 0.5) is 0 Å². The Bertz CT molecular complexity index is 324. The van der Waals surface area contributed by atoms with E-state index in [1.807, 2.05) is 20.8 Å². The van der Waals surface area contributed by atoms with Crippen molar-refractivity contribution >= 4 is 6.29 Å². The molecule has 0 amide bonds. The van der Waals surface area contributed by atoms with Gasteiger partial charge in [-0.15, -0.1) is 0 Å². The number of benzene rings is 1. The van der Waals surface area contributed by atoms with Crippen molar-refractivity contribution < 1.29 is 9.90 Å². The van der Waals surface area contributed by atoms with Crippen LogP contribution in [-0.2, 0) is 4.79 Å². The lowest BCUT2D eigenvalue weighted by Gasteiger charge is -2.25. The summed E-state index contributed by atoms with van der Waals surface area (Å²) in [6, 6.07) is 6.32. The highest BCUT2D eigenvalue weighted by atomic mass is 16.3. The van der Waals surface area contributed by atoms with Gasteiger partial charge in [0.2, 0.25) is 0 Å². The Balaban J connectivity index is 2.83. The fourth-order valence-electron chi connectivity index (χ4n) is 1.34. The van der Waals surface area contributed by atoms with E-state index in [1.54, 1.807) is 24.3 Å². The largest absolute Gasteiger partial charge is 0.508 e. The second-order valence-electron chi connectivity index (χ2n) is 4.60. The first-order valence-electron chi connectivity index (χ1n) is 4.94. The summed E-state index contributed by atoms with van der Waals surface area (Å²) >= 11 is 0. The van der Waals surface area contributed by atoms with E-state index in [2.05, 4.69) is 5.32 Å². The molecule has 15 heavy (non-hydrogen) atoms. The molecule has 1 rings (SSSR count). The molecule has 1 atom stereocenters. The Morgan fingerprint density at radius 2 is 1.80 bits per heavy atom. The third-order valence-corrected chi connectivity index (χ3v) is 1.98. The van der Waals surface area contributed by atoms with Crippen molar-refractivity contribution in [1.82, 2.24) is 5.32 Å². The van der Waals surface area contributed by atoms with E-state index in [1.165, 1.54) is 0 Å². The van der Waals surface area contributed by atoms with Gasteiger partial charge in [0.05, 0.1) is 6.04 Å². The molecule has 0 saturated heterocycles. The molecule has 3 heteroatoms. The first kappa shape index (κ1) is 11.7. The van der Waals surface area contributed by atoms with Gasteiger partial charge in [0.1, 0.15) is 12.0 Å². The van der Waals surface area contributed by atoms with Gasteiger partial charge in [-0.1, -0.05) is 12.1 Å². The van der Waals surface area contributed by atoms with Crippen molar-refractivity contribution in [3.8, 4) is 5.75 Å².